The van der Waals surface area contributed by atoms with E-state index >= 15 is 0 Å². The first kappa shape index (κ1) is 14.3. The molecular weight excluding hydrogens is 280 g/mol. The van der Waals surface area contributed by atoms with Gasteiger partial charge in [-0.2, -0.15) is 0 Å². The van der Waals surface area contributed by atoms with Crippen LogP contribution in [-0.2, 0) is 6.42 Å². The zero-order valence-electron chi connectivity index (χ0n) is 13.3. The number of para-hydroxylation sites is 1. The molecule has 1 aromatic heterocycles. The molecule has 2 nitrogen and oxygen atoms in total. The normalized spacial score (nSPS) is 15.7. The van der Waals surface area contributed by atoms with Crippen molar-refractivity contribution >= 4 is 16.5 Å². The Bertz CT molecular complexity index is 814. The van der Waals surface area contributed by atoms with Gasteiger partial charge in [0.1, 0.15) is 0 Å². The summed E-state index contributed by atoms with van der Waals surface area (Å²) in [6.45, 7) is 3.35. The van der Waals surface area contributed by atoms with E-state index < -0.39 is 0 Å². The van der Waals surface area contributed by atoms with Crippen molar-refractivity contribution in [1.82, 2.24) is 9.88 Å². The summed E-state index contributed by atoms with van der Waals surface area (Å²) in [7, 11) is 0. The van der Waals surface area contributed by atoms with E-state index in [4.69, 9.17) is 0 Å². The lowest BCUT2D eigenvalue weighted by atomic mass is 9.98. The van der Waals surface area contributed by atoms with Gasteiger partial charge in [0, 0.05) is 42.3 Å². The van der Waals surface area contributed by atoms with Crippen LogP contribution >= 0.6 is 0 Å². The van der Waals surface area contributed by atoms with E-state index in [1.807, 2.05) is 0 Å². The number of nitrogens with one attached hydrogen (secondary N) is 1. The number of rotatable bonds is 4. The summed E-state index contributed by atoms with van der Waals surface area (Å²) >= 11 is 0. The summed E-state index contributed by atoms with van der Waals surface area (Å²) in [5.74, 6) is 0. The van der Waals surface area contributed by atoms with Crippen molar-refractivity contribution in [1.29, 1.82) is 0 Å². The van der Waals surface area contributed by atoms with Gasteiger partial charge < -0.3 is 4.98 Å². The quantitative estimate of drug-likeness (QED) is 0.752. The predicted octanol–water partition coefficient (Wildman–Crippen LogP) is 4.50. The molecule has 0 unspecified atom stereocenters. The molecule has 0 aliphatic carbocycles. The highest BCUT2D eigenvalue weighted by molar-refractivity contribution is 5.92. The summed E-state index contributed by atoms with van der Waals surface area (Å²) in [4.78, 5) is 5.94. The standard InChI is InChI=1S/C21H22N2/c1-2-6-17(7-3-1)10-13-23-14-11-18(12-15-23)20-16-22-21-9-5-4-8-19(20)21/h1-9,11,16,22H,10,12-15H2. The molecule has 0 saturated carbocycles. The van der Waals surface area contributed by atoms with Gasteiger partial charge in [0.25, 0.3) is 0 Å². The molecule has 0 bridgehead atoms. The second kappa shape index (κ2) is 6.43. The van der Waals surface area contributed by atoms with Crippen LogP contribution in [0.5, 0.6) is 0 Å². The minimum atomic E-state index is 1.06. The SMILES string of the molecule is C1=C(c2c[nH]c3ccccc23)CCN(CCc2ccccc2)C1. The first-order valence-corrected chi connectivity index (χ1v) is 8.42. The van der Waals surface area contributed by atoms with Crippen molar-refractivity contribution in [2.24, 2.45) is 0 Å². The zero-order valence-corrected chi connectivity index (χ0v) is 13.3. The summed E-state index contributed by atoms with van der Waals surface area (Å²) in [5, 5.41) is 1.34. The molecule has 0 fully saturated rings. The van der Waals surface area contributed by atoms with Crippen LogP contribution in [-0.4, -0.2) is 29.5 Å². The van der Waals surface area contributed by atoms with E-state index in [-0.39, 0.29) is 0 Å². The topological polar surface area (TPSA) is 19.0 Å². The number of nitrogens with zero attached hydrogens (tertiary/aromatic N) is 1. The molecule has 116 valence electrons. The van der Waals surface area contributed by atoms with E-state index in [9.17, 15) is 0 Å². The monoisotopic (exact) mass is 302 g/mol. The molecule has 2 heterocycles. The Kier molecular flexibility index (Phi) is 3.99. The summed E-state index contributed by atoms with van der Waals surface area (Å²) in [5.41, 5.74) is 5.52. The molecule has 0 amide bonds. The Morgan fingerprint density at radius 1 is 0.957 bits per heavy atom. The van der Waals surface area contributed by atoms with Gasteiger partial charge in [-0.05, 0) is 30.0 Å². The Balaban J connectivity index is 1.43. The number of aromatic amines is 1. The molecular formula is C21H22N2. The largest absolute Gasteiger partial charge is 0.361 e. The van der Waals surface area contributed by atoms with Crippen molar-refractivity contribution in [3.8, 4) is 0 Å². The molecule has 0 atom stereocenters. The van der Waals surface area contributed by atoms with Gasteiger partial charge in [0.2, 0.25) is 0 Å². The fourth-order valence-corrected chi connectivity index (χ4v) is 3.43. The number of hydrogen-bond acceptors (Lipinski definition) is 1. The van der Waals surface area contributed by atoms with Crippen molar-refractivity contribution in [2.45, 2.75) is 12.8 Å². The lowest BCUT2D eigenvalue weighted by Crippen LogP contribution is -2.30. The third-order valence-electron chi connectivity index (χ3n) is 4.79. The van der Waals surface area contributed by atoms with Crippen LogP contribution in [0.4, 0.5) is 0 Å². The summed E-state index contributed by atoms with van der Waals surface area (Å²) in [6, 6.07) is 19.3. The van der Waals surface area contributed by atoms with E-state index in [0.29, 0.717) is 0 Å². The number of H-pyrrole nitrogens is 1. The average molecular weight is 302 g/mol. The van der Waals surface area contributed by atoms with Gasteiger partial charge in [-0.15, -0.1) is 0 Å². The van der Waals surface area contributed by atoms with Crippen molar-refractivity contribution in [2.75, 3.05) is 19.6 Å². The minimum absolute atomic E-state index is 1.06. The Labute approximate surface area is 137 Å². The third kappa shape index (κ3) is 3.08. The molecule has 2 heteroatoms. The smallest absolute Gasteiger partial charge is 0.0460 e. The predicted molar refractivity (Wildman–Crippen MR) is 97.5 cm³/mol. The van der Waals surface area contributed by atoms with Gasteiger partial charge in [-0.3, -0.25) is 4.90 Å². The van der Waals surface area contributed by atoms with Crippen LogP contribution in [0.2, 0.25) is 0 Å². The third-order valence-corrected chi connectivity index (χ3v) is 4.79. The number of fused-ring (bicyclic) bond motifs is 1. The summed E-state index contributed by atoms with van der Waals surface area (Å²) < 4.78 is 0. The van der Waals surface area contributed by atoms with Crippen molar-refractivity contribution < 1.29 is 0 Å². The Hall–Kier alpha value is -2.32. The van der Waals surface area contributed by atoms with Crippen molar-refractivity contribution in [3.63, 3.8) is 0 Å². The van der Waals surface area contributed by atoms with E-state index in [1.54, 1.807) is 0 Å². The Morgan fingerprint density at radius 3 is 2.61 bits per heavy atom. The second-order valence-corrected chi connectivity index (χ2v) is 6.26. The zero-order chi connectivity index (χ0) is 15.5. The fraction of sp³-hybridized carbons (Fsp3) is 0.238. The molecule has 23 heavy (non-hydrogen) atoms. The molecule has 4 rings (SSSR count). The number of benzene rings is 2. The first-order chi connectivity index (χ1) is 11.4. The number of aromatic nitrogens is 1. The lowest BCUT2D eigenvalue weighted by Gasteiger charge is -2.26. The molecule has 2 aromatic carbocycles. The van der Waals surface area contributed by atoms with Gasteiger partial charge in [-0.25, -0.2) is 0 Å². The lowest BCUT2D eigenvalue weighted by molar-refractivity contribution is 0.306. The van der Waals surface area contributed by atoms with Crippen LogP contribution in [0.1, 0.15) is 17.5 Å². The van der Waals surface area contributed by atoms with Crippen molar-refractivity contribution in [3.05, 3.63) is 78.0 Å². The van der Waals surface area contributed by atoms with Gasteiger partial charge in [0.15, 0.2) is 0 Å². The Morgan fingerprint density at radius 2 is 1.78 bits per heavy atom. The maximum Gasteiger partial charge on any atom is 0.0460 e. The van der Waals surface area contributed by atoms with Crippen LogP contribution in [0.15, 0.2) is 66.9 Å². The van der Waals surface area contributed by atoms with E-state index in [2.05, 4.69) is 76.8 Å². The molecule has 0 saturated heterocycles. The first-order valence-electron chi connectivity index (χ1n) is 8.42. The van der Waals surface area contributed by atoms with Crippen LogP contribution in [0.25, 0.3) is 16.5 Å². The maximum atomic E-state index is 3.39. The molecule has 1 N–H and O–H groups in total. The molecule has 1 aliphatic rings. The maximum absolute atomic E-state index is 3.39. The van der Waals surface area contributed by atoms with E-state index in [1.165, 1.54) is 27.6 Å². The highest BCUT2D eigenvalue weighted by Crippen LogP contribution is 2.29. The fourth-order valence-electron chi connectivity index (χ4n) is 3.43. The average Bonchev–Trinajstić information content (AvgIpc) is 3.05. The molecule has 0 radical (unpaired) electrons. The molecule has 3 aromatic rings. The summed E-state index contributed by atoms with van der Waals surface area (Å²) in [6.07, 6.45) is 6.84. The van der Waals surface area contributed by atoms with E-state index in [0.717, 1.165) is 32.5 Å². The van der Waals surface area contributed by atoms with Crippen LogP contribution in [0.3, 0.4) is 0 Å². The van der Waals surface area contributed by atoms with Gasteiger partial charge >= 0.3 is 0 Å². The molecule has 1 aliphatic heterocycles. The molecule has 0 spiro atoms. The van der Waals surface area contributed by atoms with Gasteiger partial charge in [0.05, 0.1) is 0 Å². The highest BCUT2D eigenvalue weighted by atomic mass is 15.1. The minimum Gasteiger partial charge on any atom is -0.361 e. The van der Waals surface area contributed by atoms with Gasteiger partial charge in [-0.1, -0.05) is 54.6 Å². The second-order valence-electron chi connectivity index (χ2n) is 6.26. The van der Waals surface area contributed by atoms with Crippen LogP contribution in [0, 0.1) is 0 Å². The van der Waals surface area contributed by atoms with Crippen LogP contribution < -0.4 is 0 Å². The highest BCUT2D eigenvalue weighted by Gasteiger charge is 2.15. The number of hydrogen-bond donors (Lipinski definition) is 1.